The molecule has 2 aliphatic carbocycles. The molecule has 2 aliphatic rings. The molecular formula is C20H30N2O. The van der Waals surface area contributed by atoms with E-state index < -0.39 is 0 Å². The Bertz CT molecular complexity index is 502. The Labute approximate surface area is 140 Å². The molecule has 4 atom stereocenters. The van der Waals surface area contributed by atoms with E-state index in [4.69, 9.17) is 5.73 Å². The molecule has 2 fully saturated rings. The van der Waals surface area contributed by atoms with Crippen molar-refractivity contribution in [3.8, 4) is 0 Å². The topological polar surface area (TPSA) is 55.1 Å². The van der Waals surface area contributed by atoms with Crippen LogP contribution in [0.5, 0.6) is 0 Å². The third-order valence-corrected chi connectivity index (χ3v) is 5.76. The van der Waals surface area contributed by atoms with Gasteiger partial charge < -0.3 is 11.1 Å². The first-order valence-corrected chi connectivity index (χ1v) is 9.31. The van der Waals surface area contributed by atoms with E-state index in [1.54, 1.807) is 0 Å². The first-order chi connectivity index (χ1) is 11.2. The predicted molar refractivity (Wildman–Crippen MR) is 94.0 cm³/mol. The summed E-state index contributed by atoms with van der Waals surface area (Å²) in [6.07, 6.45) is 9.95. The first-order valence-electron chi connectivity index (χ1n) is 9.31. The highest BCUT2D eigenvalue weighted by molar-refractivity contribution is 5.76. The number of benzene rings is 1. The molecule has 23 heavy (non-hydrogen) atoms. The van der Waals surface area contributed by atoms with Gasteiger partial charge in [-0.15, -0.1) is 0 Å². The van der Waals surface area contributed by atoms with Crippen molar-refractivity contribution in [3.05, 3.63) is 35.9 Å². The van der Waals surface area contributed by atoms with Crippen LogP contribution < -0.4 is 11.1 Å². The highest BCUT2D eigenvalue weighted by atomic mass is 16.1. The SMILES string of the molecule is N[C@@H]1CCC[C@H]1CC(=O)NC1CCCCC1Cc1ccccc1. The number of nitrogens with one attached hydrogen (secondary N) is 1. The van der Waals surface area contributed by atoms with Crippen LogP contribution in [0, 0.1) is 11.8 Å². The van der Waals surface area contributed by atoms with Gasteiger partial charge >= 0.3 is 0 Å². The largest absolute Gasteiger partial charge is 0.353 e. The van der Waals surface area contributed by atoms with Gasteiger partial charge in [0.1, 0.15) is 0 Å². The van der Waals surface area contributed by atoms with E-state index in [0.29, 0.717) is 24.3 Å². The fourth-order valence-corrected chi connectivity index (χ4v) is 4.38. The van der Waals surface area contributed by atoms with Gasteiger partial charge in [-0.2, -0.15) is 0 Å². The Hall–Kier alpha value is -1.35. The highest BCUT2D eigenvalue weighted by Gasteiger charge is 2.30. The van der Waals surface area contributed by atoms with Crippen molar-refractivity contribution in [3.63, 3.8) is 0 Å². The number of rotatable bonds is 5. The fourth-order valence-electron chi connectivity index (χ4n) is 4.38. The third kappa shape index (κ3) is 4.57. The third-order valence-electron chi connectivity index (χ3n) is 5.76. The van der Waals surface area contributed by atoms with Gasteiger partial charge in [0.2, 0.25) is 5.91 Å². The lowest BCUT2D eigenvalue weighted by Gasteiger charge is -2.33. The molecule has 2 unspecified atom stereocenters. The smallest absolute Gasteiger partial charge is 0.220 e. The normalized spacial score (nSPS) is 31.0. The number of nitrogens with two attached hydrogens (primary N) is 1. The van der Waals surface area contributed by atoms with Crippen molar-refractivity contribution in [2.75, 3.05) is 0 Å². The summed E-state index contributed by atoms with van der Waals surface area (Å²) < 4.78 is 0. The maximum absolute atomic E-state index is 12.4. The van der Waals surface area contributed by atoms with E-state index in [1.165, 1.54) is 31.2 Å². The summed E-state index contributed by atoms with van der Waals surface area (Å²) in [6.45, 7) is 0. The summed E-state index contributed by atoms with van der Waals surface area (Å²) in [6, 6.07) is 11.2. The minimum Gasteiger partial charge on any atom is -0.353 e. The van der Waals surface area contributed by atoms with E-state index in [-0.39, 0.29) is 11.9 Å². The van der Waals surface area contributed by atoms with Crippen LogP contribution in [0.2, 0.25) is 0 Å². The van der Waals surface area contributed by atoms with Crippen molar-refractivity contribution < 1.29 is 4.79 Å². The molecule has 0 bridgehead atoms. The zero-order chi connectivity index (χ0) is 16.1. The molecule has 2 saturated carbocycles. The lowest BCUT2D eigenvalue weighted by atomic mass is 9.80. The van der Waals surface area contributed by atoms with Crippen LogP contribution in [0.1, 0.15) is 56.9 Å². The summed E-state index contributed by atoms with van der Waals surface area (Å²) in [5.41, 5.74) is 7.50. The number of carbonyl (C=O) groups is 1. The summed E-state index contributed by atoms with van der Waals surface area (Å²) in [7, 11) is 0. The lowest BCUT2D eigenvalue weighted by Crippen LogP contribution is -2.44. The van der Waals surface area contributed by atoms with E-state index in [9.17, 15) is 4.79 Å². The Morgan fingerprint density at radius 1 is 1.00 bits per heavy atom. The number of hydrogen-bond acceptors (Lipinski definition) is 2. The minimum atomic E-state index is 0.220. The van der Waals surface area contributed by atoms with E-state index in [0.717, 1.165) is 25.7 Å². The van der Waals surface area contributed by atoms with Gasteiger partial charge in [0.15, 0.2) is 0 Å². The van der Waals surface area contributed by atoms with Crippen LogP contribution >= 0.6 is 0 Å². The number of hydrogen-bond donors (Lipinski definition) is 2. The average Bonchev–Trinajstić information content (AvgIpc) is 2.95. The van der Waals surface area contributed by atoms with Crippen LogP contribution in [0.15, 0.2) is 30.3 Å². The van der Waals surface area contributed by atoms with Crippen molar-refractivity contribution in [2.24, 2.45) is 17.6 Å². The van der Waals surface area contributed by atoms with Gasteiger partial charge in [-0.25, -0.2) is 0 Å². The van der Waals surface area contributed by atoms with Gasteiger partial charge in [-0.1, -0.05) is 49.6 Å². The van der Waals surface area contributed by atoms with Gasteiger partial charge in [0.05, 0.1) is 0 Å². The second-order valence-corrected chi connectivity index (χ2v) is 7.47. The van der Waals surface area contributed by atoms with E-state index in [1.807, 2.05) is 0 Å². The molecule has 0 saturated heterocycles. The van der Waals surface area contributed by atoms with Gasteiger partial charge in [-0.3, -0.25) is 4.79 Å². The maximum atomic E-state index is 12.4. The van der Waals surface area contributed by atoms with E-state index in [2.05, 4.69) is 35.6 Å². The molecule has 0 heterocycles. The molecule has 3 heteroatoms. The summed E-state index contributed by atoms with van der Waals surface area (Å²) in [4.78, 5) is 12.4. The molecule has 0 spiro atoms. The summed E-state index contributed by atoms with van der Waals surface area (Å²) in [5, 5.41) is 3.34. The second kappa shape index (κ2) is 7.96. The molecule has 126 valence electrons. The molecule has 0 radical (unpaired) electrons. The Balaban J connectivity index is 1.54. The molecule has 0 aromatic heterocycles. The number of amides is 1. The molecular weight excluding hydrogens is 284 g/mol. The van der Waals surface area contributed by atoms with Crippen molar-refractivity contribution >= 4 is 5.91 Å². The van der Waals surface area contributed by atoms with Crippen LogP contribution in [-0.2, 0) is 11.2 Å². The number of carbonyl (C=O) groups excluding carboxylic acids is 1. The van der Waals surface area contributed by atoms with Crippen molar-refractivity contribution in [1.29, 1.82) is 0 Å². The van der Waals surface area contributed by atoms with Gasteiger partial charge in [-0.05, 0) is 49.5 Å². The first kappa shape index (κ1) is 16.5. The summed E-state index contributed by atoms with van der Waals surface area (Å²) in [5.74, 6) is 1.19. The van der Waals surface area contributed by atoms with Crippen LogP contribution in [-0.4, -0.2) is 18.0 Å². The lowest BCUT2D eigenvalue weighted by molar-refractivity contribution is -0.123. The molecule has 3 nitrogen and oxygen atoms in total. The highest BCUT2D eigenvalue weighted by Crippen LogP contribution is 2.29. The fraction of sp³-hybridized carbons (Fsp3) is 0.650. The van der Waals surface area contributed by atoms with Gasteiger partial charge in [0.25, 0.3) is 0 Å². The van der Waals surface area contributed by atoms with Crippen molar-refractivity contribution in [2.45, 2.75) is 69.9 Å². The molecule has 1 aromatic rings. The van der Waals surface area contributed by atoms with E-state index >= 15 is 0 Å². The molecule has 3 N–H and O–H groups in total. The minimum absolute atomic E-state index is 0.220. The average molecular weight is 314 g/mol. The summed E-state index contributed by atoms with van der Waals surface area (Å²) >= 11 is 0. The monoisotopic (exact) mass is 314 g/mol. The van der Waals surface area contributed by atoms with Crippen LogP contribution in [0.3, 0.4) is 0 Å². The van der Waals surface area contributed by atoms with Crippen LogP contribution in [0.4, 0.5) is 0 Å². The Morgan fingerprint density at radius 3 is 2.48 bits per heavy atom. The molecule has 1 aromatic carbocycles. The Morgan fingerprint density at radius 2 is 1.74 bits per heavy atom. The predicted octanol–water partition coefficient (Wildman–Crippen LogP) is 3.42. The molecule has 3 rings (SSSR count). The quantitative estimate of drug-likeness (QED) is 0.875. The van der Waals surface area contributed by atoms with Crippen molar-refractivity contribution in [1.82, 2.24) is 5.32 Å². The zero-order valence-corrected chi connectivity index (χ0v) is 14.0. The standard InChI is InChI=1S/C20H30N2O/c21-18-11-6-10-16(18)14-20(23)22-19-12-5-4-9-17(19)13-15-7-2-1-3-8-15/h1-3,7-8,16-19H,4-6,9-14,21H2,(H,22,23)/t16-,17?,18+,19?/m0/s1. The van der Waals surface area contributed by atoms with Crippen LogP contribution in [0.25, 0.3) is 0 Å². The zero-order valence-electron chi connectivity index (χ0n) is 14.0. The molecule has 0 aliphatic heterocycles. The Kier molecular flexibility index (Phi) is 5.71. The maximum Gasteiger partial charge on any atom is 0.220 e. The molecule has 1 amide bonds. The second-order valence-electron chi connectivity index (χ2n) is 7.47. The van der Waals surface area contributed by atoms with Gasteiger partial charge in [0, 0.05) is 18.5 Å².